The lowest BCUT2D eigenvalue weighted by atomic mass is 10.1. The minimum atomic E-state index is -3.21. The number of phenols is 1. The van der Waals surface area contributed by atoms with Gasteiger partial charge in [0.15, 0.2) is 0 Å². The quantitative estimate of drug-likeness (QED) is 0.636. The van der Waals surface area contributed by atoms with Gasteiger partial charge in [0, 0.05) is 5.56 Å². The van der Waals surface area contributed by atoms with Crippen LogP contribution in [0.25, 0.3) is 0 Å². The van der Waals surface area contributed by atoms with E-state index >= 15 is 0 Å². The van der Waals surface area contributed by atoms with Gasteiger partial charge >= 0.3 is 0 Å². The van der Waals surface area contributed by atoms with E-state index in [2.05, 4.69) is 4.72 Å². The van der Waals surface area contributed by atoms with Crippen molar-refractivity contribution in [3.05, 3.63) is 23.3 Å². The Bertz CT molecular complexity index is 527. The molecule has 0 spiro atoms. The number of nitrogens with one attached hydrogen (secondary N) is 1. The van der Waals surface area contributed by atoms with Gasteiger partial charge in [-0.25, -0.2) is 13.1 Å². The van der Waals surface area contributed by atoms with Gasteiger partial charge in [0.25, 0.3) is 0 Å². The van der Waals surface area contributed by atoms with E-state index in [-0.39, 0.29) is 24.7 Å². The van der Waals surface area contributed by atoms with Crippen molar-refractivity contribution >= 4 is 10.0 Å². The number of hydrogen-bond acceptors (Lipinski definition) is 5. The average Bonchev–Trinajstić information content (AvgIpc) is 2.38. The molecule has 0 radical (unpaired) electrons. The highest BCUT2D eigenvalue weighted by atomic mass is 32.2. The first kappa shape index (κ1) is 15.7. The predicted octanol–water partition coefficient (Wildman–Crippen LogP) is 0.511. The number of aryl methyl sites for hydroxylation is 1. The number of rotatable bonds is 7. The lowest BCUT2D eigenvalue weighted by molar-refractivity contribution is 0.272. The Labute approximate surface area is 113 Å². The molecular weight excluding hydrogens is 270 g/mol. The largest absolute Gasteiger partial charge is 0.507 e. The molecule has 0 aliphatic carbocycles. The number of aromatic hydroxyl groups is 1. The third kappa shape index (κ3) is 4.70. The minimum Gasteiger partial charge on any atom is -0.507 e. The first-order valence-electron chi connectivity index (χ1n) is 5.87. The third-order valence-electron chi connectivity index (χ3n) is 2.66. The van der Waals surface area contributed by atoms with Crippen LogP contribution in [0, 0.1) is 6.92 Å². The molecule has 0 saturated heterocycles. The van der Waals surface area contributed by atoms with Crippen molar-refractivity contribution in [2.24, 2.45) is 0 Å². The number of hydrogen-bond donors (Lipinski definition) is 3. The molecule has 1 aromatic carbocycles. The molecule has 0 aliphatic rings. The maximum Gasteiger partial charge on any atom is 0.211 e. The SMILES string of the molecule is CNS(=O)(=O)CCCOc1cc(C)c(O)c(CO)c1. The summed E-state index contributed by atoms with van der Waals surface area (Å²) in [7, 11) is -1.84. The molecule has 0 amide bonds. The van der Waals surface area contributed by atoms with E-state index in [1.54, 1.807) is 13.0 Å². The second-order valence-corrected chi connectivity index (χ2v) is 6.18. The summed E-state index contributed by atoms with van der Waals surface area (Å²) < 4.78 is 30.0. The van der Waals surface area contributed by atoms with E-state index in [0.29, 0.717) is 23.3 Å². The Kier molecular flexibility index (Phi) is 5.59. The van der Waals surface area contributed by atoms with E-state index in [9.17, 15) is 13.5 Å². The molecule has 3 N–H and O–H groups in total. The number of sulfonamides is 1. The van der Waals surface area contributed by atoms with Crippen molar-refractivity contribution in [3.63, 3.8) is 0 Å². The maximum absolute atomic E-state index is 11.2. The van der Waals surface area contributed by atoms with Crippen molar-refractivity contribution in [3.8, 4) is 11.5 Å². The maximum atomic E-state index is 11.2. The summed E-state index contributed by atoms with van der Waals surface area (Å²) in [6.45, 7) is 1.67. The summed E-state index contributed by atoms with van der Waals surface area (Å²) in [6, 6.07) is 3.18. The highest BCUT2D eigenvalue weighted by Gasteiger charge is 2.09. The van der Waals surface area contributed by atoms with Gasteiger partial charge in [0.2, 0.25) is 10.0 Å². The summed E-state index contributed by atoms with van der Waals surface area (Å²) in [6.07, 6.45) is 0.359. The Balaban J connectivity index is 2.57. The predicted molar refractivity (Wildman–Crippen MR) is 71.7 cm³/mol. The third-order valence-corrected chi connectivity index (χ3v) is 4.11. The van der Waals surface area contributed by atoms with Crippen LogP contribution < -0.4 is 9.46 Å². The molecule has 0 fully saturated rings. The Morgan fingerprint density at radius 2 is 2.05 bits per heavy atom. The Morgan fingerprint density at radius 3 is 2.63 bits per heavy atom. The monoisotopic (exact) mass is 289 g/mol. The topological polar surface area (TPSA) is 95.9 Å². The average molecular weight is 289 g/mol. The molecule has 1 aromatic rings. The van der Waals surface area contributed by atoms with E-state index in [4.69, 9.17) is 9.84 Å². The summed E-state index contributed by atoms with van der Waals surface area (Å²) >= 11 is 0. The minimum absolute atomic E-state index is 0.00652. The van der Waals surface area contributed by atoms with E-state index < -0.39 is 10.0 Å². The van der Waals surface area contributed by atoms with Crippen LogP contribution in [0.2, 0.25) is 0 Å². The van der Waals surface area contributed by atoms with Crippen LogP contribution in [-0.4, -0.2) is 38.0 Å². The van der Waals surface area contributed by atoms with Crippen molar-refractivity contribution in [2.75, 3.05) is 19.4 Å². The van der Waals surface area contributed by atoms with Crippen molar-refractivity contribution < 1.29 is 23.4 Å². The molecule has 0 atom stereocenters. The highest BCUT2D eigenvalue weighted by molar-refractivity contribution is 7.89. The highest BCUT2D eigenvalue weighted by Crippen LogP contribution is 2.27. The zero-order valence-electron chi connectivity index (χ0n) is 11.0. The van der Waals surface area contributed by atoms with Crippen LogP contribution in [-0.2, 0) is 16.6 Å². The zero-order chi connectivity index (χ0) is 14.5. The number of aliphatic hydroxyl groups excluding tert-OH is 1. The fraction of sp³-hybridized carbons (Fsp3) is 0.500. The molecule has 7 heteroatoms. The van der Waals surface area contributed by atoms with Gasteiger partial charge in [0.05, 0.1) is 19.0 Å². The summed E-state index contributed by atoms with van der Waals surface area (Å²) in [5.74, 6) is 0.543. The normalized spacial score (nSPS) is 11.5. The smallest absolute Gasteiger partial charge is 0.211 e. The van der Waals surface area contributed by atoms with Gasteiger partial charge in [-0.1, -0.05) is 0 Å². The lowest BCUT2D eigenvalue weighted by Crippen LogP contribution is -2.23. The van der Waals surface area contributed by atoms with Crippen molar-refractivity contribution in [2.45, 2.75) is 20.0 Å². The number of aliphatic hydroxyl groups is 1. The van der Waals surface area contributed by atoms with Crippen LogP contribution >= 0.6 is 0 Å². The zero-order valence-corrected chi connectivity index (χ0v) is 11.8. The van der Waals surface area contributed by atoms with Crippen LogP contribution in [0.5, 0.6) is 11.5 Å². The summed E-state index contributed by atoms with van der Waals surface area (Å²) in [5, 5.41) is 18.7. The van der Waals surface area contributed by atoms with Crippen LogP contribution in [0.1, 0.15) is 17.5 Å². The summed E-state index contributed by atoms with van der Waals surface area (Å²) in [4.78, 5) is 0. The van der Waals surface area contributed by atoms with Crippen molar-refractivity contribution in [1.29, 1.82) is 0 Å². The van der Waals surface area contributed by atoms with Gasteiger partial charge < -0.3 is 14.9 Å². The molecule has 0 bridgehead atoms. The van der Waals surface area contributed by atoms with Gasteiger partial charge in [-0.3, -0.25) is 0 Å². The fourth-order valence-corrected chi connectivity index (χ4v) is 2.26. The Hall–Kier alpha value is -1.31. The van der Waals surface area contributed by atoms with Gasteiger partial charge in [-0.15, -0.1) is 0 Å². The lowest BCUT2D eigenvalue weighted by Gasteiger charge is -2.11. The molecule has 6 nitrogen and oxygen atoms in total. The molecule has 0 aliphatic heterocycles. The standard InChI is InChI=1S/C12H19NO5S/c1-9-6-11(7-10(8-14)12(9)15)18-4-3-5-19(16,17)13-2/h6-7,13-15H,3-5,8H2,1-2H3. The van der Waals surface area contributed by atoms with E-state index in [1.807, 2.05) is 0 Å². The Morgan fingerprint density at radius 1 is 1.37 bits per heavy atom. The molecule has 19 heavy (non-hydrogen) atoms. The first-order valence-corrected chi connectivity index (χ1v) is 7.52. The van der Waals surface area contributed by atoms with Crippen LogP contribution in [0.3, 0.4) is 0 Å². The van der Waals surface area contributed by atoms with Gasteiger partial charge in [0.1, 0.15) is 11.5 Å². The summed E-state index contributed by atoms with van der Waals surface area (Å²) in [5.41, 5.74) is 0.988. The van der Waals surface area contributed by atoms with Crippen molar-refractivity contribution in [1.82, 2.24) is 4.72 Å². The van der Waals surface area contributed by atoms with Crippen LogP contribution in [0.4, 0.5) is 0 Å². The second kappa shape index (κ2) is 6.74. The molecule has 0 saturated carbocycles. The van der Waals surface area contributed by atoms with E-state index in [0.717, 1.165) is 0 Å². The second-order valence-electron chi connectivity index (χ2n) is 4.13. The molecule has 108 valence electrons. The van der Waals surface area contributed by atoms with Gasteiger partial charge in [-0.05, 0) is 38.1 Å². The molecule has 1 rings (SSSR count). The van der Waals surface area contributed by atoms with Crippen LogP contribution in [0.15, 0.2) is 12.1 Å². The van der Waals surface area contributed by atoms with Gasteiger partial charge in [-0.2, -0.15) is 0 Å². The fourth-order valence-electron chi connectivity index (χ4n) is 1.56. The molecule has 0 aromatic heterocycles. The molecule has 0 heterocycles. The molecule has 0 unspecified atom stereocenters. The molecular formula is C12H19NO5S. The first-order chi connectivity index (χ1) is 8.89. The number of benzene rings is 1. The van der Waals surface area contributed by atoms with E-state index in [1.165, 1.54) is 13.1 Å². The number of ether oxygens (including phenoxy) is 1.